The lowest BCUT2D eigenvalue weighted by Gasteiger charge is -2.12. The molecule has 0 saturated carbocycles. The number of aryl methyl sites for hydroxylation is 1. The van der Waals surface area contributed by atoms with Gasteiger partial charge in [-0.05, 0) is 56.2 Å². The van der Waals surface area contributed by atoms with E-state index >= 15 is 0 Å². The molecule has 1 amide bonds. The first-order valence-electron chi connectivity index (χ1n) is 9.06. The molecule has 146 valence electrons. The quantitative estimate of drug-likeness (QED) is 0.686. The van der Waals surface area contributed by atoms with Gasteiger partial charge in [-0.3, -0.25) is 4.79 Å². The number of methoxy groups -OCH3 is 1. The zero-order chi connectivity index (χ0) is 20.3. The molecule has 0 unspecified atom stereocenters. The Morgan fingerprint density at radius 3 is 2.54 bits per heavy atom. The van der Waals surface area contributed by atoms with Gasteiger partial charge in [-0.1, -0.05) is 12.1 Å². The molecular formula is C22H23FN2O3. The predicted octanol–water partition coefficient (Wildman–Crippen LogP) is 4.41. The van der Waals surface area contributed by atoms with Gasteiger partial charge in [-0.2, -0.15) is 0 Å². The third-order valence-electron chi connectivity index (χ3n) is 4.23. The first kappa shape index (κ1) is 19.6. The molecule has 28 heavy (non-hydrogen) atoms. The first-order chi connectivity index (χ1) is 13.4. The normalized spacial score (nSPS) is 10.9. The smallest absolute Gasteiger partial charge is 0.270 e. The number of nitrogens with zero attached hydrogens (tertiary/aromatic N) is 1. The highest BCUT2D eigenvalue weighted by Crippen LogP contribution is 2.28. The number of hydrogen-bond donors (Lipinski definition) is 1. The number of rotatable bonds is 6. The van der Waals surface area contributed by atoms with Gasteiger partial charge < -0.3 is 14.8 Å². The summed E-state index contributed by atoms with van der Waals surface area (Å²) in [5, 5.41) is 3.39. The monoisotopic (exact) mass is 382 g/mol. The van der Waals surface area contributed by atoms with Crippen molar-refractivity contribution in [3.05, 3.63) is 65.1 Å². The van der Waals surface area contributed by atoms with Crippen LogP contribution in [0.5, 0.6) is 11.5 Å². The van der Waals surface area contributed by atoms with E-state index in [9.17, 15) is 9.18 Å². The minimum Gasteiger partial charge on any atom is -0.496 e. The van der Waals surface area contributed by atoms with Gasteiger partial charge in [-0.25, -0.2) is 9.37 Å². The van der Waals surface area contributed by atoms with E-state index in [1.165, 1.54) is 25.3 Å². The molecule has 1 aromatic heterocycles. The van der Waals surface area contributed by atoms with E-state index < -0.39 is 0 Å². The van der Waals surface area contributed by atoms with Gasteiger partial charge in [0.2, 0.25) is 0 Å². The highest BCUT2D eigenvalue weighted by molar-refractivity contribution is 5.97. The molecular weight excluding hydrogens is 359 g/mol. The van der Waals surface area contributed by atoms with Gasteiger partial charge in [0.15, 0.2) is 0 Å². The van der Waals surface area contributed by atoms with Crippen molar-refractivity contribution in [2.24, 2.45) is 0 Å². The molecule has 6 heteroatoms. The van der Waals surface area contributed by atoms with E-state index in [0.29, 0.717) is 28.8 Å². The van der Waals surface area contributed by atoms with Crippen LogP contribution in [0.15, 0.2) is 42.5 Å². The number of carbonyl (C=O) groups excluding carboxylic acids is 1. The van der Waals surface area contributed by atoms with Crippen LogP contribution in [0.1, 0.15) is 35.5 Å². The molecule has 0 aliphatic rings. The second-order valence-electron chi connectivity index (χ2n) is 6.82. The molecule has 0 aliphatic heterocycles. The number of nitrogens with one attached hydrogen (secondary N) is 1. The summed E-state index contributed by atoms with van der Waals surface area (Å²) in [5.74, 6) is 0.500. The molecule has 0 bridgehead atoms. The van der Waals surface area contributed by atoms with Crippen molar-refractivity contribution in [1.29, 1.82) is 0 Å². The molecule has 0 fully saturated rings. The van der Waals surface area contributed by atoms with E-state index in [0.717, 1.165) is 11.3 Å². The zero-order valence-corrected chi connectivity index (χ0v) is 16.4. The Bertz CT molecular complexity index is 1000. The van der Waals surface area contributed by atoms with Crippen molar-refractivity contribution in [3.8, 4) is 11.5 Å². The Labute approximate surface area is 163 Å². The predicted molar refractivity (Wildman–Crippen MR) is 106 cm³/mol. The summed E-state index contributed by atoms with van der Waals surface area (Å²) in [6, 6.07) is 11.8. The van der Waals surface area contributed by atoms with Gasteiger partial charge in [0.05, 0.1) is 18.7 Å². The number of pyridine rings is 1. The van der Waals surface area contributed by atoms with Crippen molar-refractivity contribution in [2.75, 3.05) is 7.11 Å². The summed E-state index contributed by atoms with van der Waals surface area (Å²) in [7, 11) is 1.48. The minimum absolute atomic E-state index is 0.108. The van der Waals surface area contributed by atoms with Gasteiger partial charge >= 0.3 is 0 Å². The SMILES string of the molecule is COc1cc(C(=O)NCc2ccc(OC(C)C)cc2)nc2c(C)cc(F)cc12. The average molecular weight is 382 g/mol. The molecule has 5 nitrogen and oxygen atoms in total. The Kier molecular flexibility index (Phi) is 5.78. The van der Waals surface area contributed by atoms with Crippen LogP contribution in [0.25, 0.3) is 10.9 Å². The molecule has 1 N–H and O–H groups in total. The molecule has 1 heterocycles. The Balaban J connectivity index is 1.78. The van der Waals surface area contributed by atoms with Gasteiger partial charge in [0.25, 0.3) is 5.91 Å². The Morgan fingerprint density at radius 1 is 1.18 bits per heavy atom. The molecule has 0 saturated heterocycles. The number of benzene rings is 2. The van der Waals surface area contributed by atoms with E-state index in [1.54, 1.807) is 6.92 Å². The molecule has 3 aromatic rings. The fourth-order valence-corrected chi connectivity index (χ4v) is 2.94. The average Bonchev–Trinajstić information content (AvgIpc) is 2.66. The first-order valence-corrected chi connectivity index (χ1v) is 9.06. The molecule has 2 aromatic carbocycles. The molecule has 0 atom stereocenters. The third kappa shape index (κ3) is 4.39. The number of hydrogen-bond acceptors (Lipinski definition) is 4. The van der Waals surface area contributed by atoms with E-state index in [2.05, 4.69) is 10.3 Å². The fourth-order valence-electron chi connectivity index (χ4n) is 2.94. The molecule has 0 aliphatic carbocycles. The van der Waals surface area contributed by atoms with Crippen LogP contribution in [0.2, 0.25) is 0 Å². The molecule has 3 rings (SSSR count). The maximum atomic E-state index is 13.7. The van der Waals surface area contributed by atoms with Crippen molar-refractivity contribution >= 4 is 16.8 Å². The highest BCUT2D eigenvalue weighted by Gasteiger charge is 2.15. The molecule has 0 radical (unpaired) electrons. The lowest BCUT2D eigenvalue weighted by molar-refractivity contribution is 0.0946. The van der Waals surface area contributed by atoms with Crippen LogP contribution in [0, 0.1) is 12.7 Å². The number of aromatic nitrogens is 1. The second-order valence-corrected chi connectivity index (χ2v) is 6.82. The highest BCUT2D eigenvalue weighted by atomic mass is 19.1. The van der Waals surface area contributed by atoms with Crippen LogP contribution in [0.4, 0.5) is 4.39 Å². The van der Waals surface area contributed by atoms with Crippen molar-refractivity contribution in [1.82, 2.24) is 10.3 Å². The Hall–Kier alpha value is -3.15. The van der Waals surface area contributed by atoms with Crippen LogP contribution in [-0.2, 0) is 6.54 Å². The third-order valence-corrected chi connectivity index (χ3v) is 4.23. The van der Waals surface area contributed by atoms with Crippen LogP contribution in [0.3, 0.4) is 0 Å². The number of amides is 1. The maximum absolute atomic E-state index is 13.7. The lowest BCUT2D eigenvalue weighted by atomic mass is 10.1. The zero-order valence-electron chi connectivity index (χ0n) is 16.4. The van der Waals surface area contributed by atoms with E-state index in [-0.39, 0.29) is 23.5 Å². The second kappa shape index (κ2) is 8.25. The summed E-state index contributed by atoms with van der Waals surface area (Å²) in [4.78, 5) is 17.0. The summed E-state index contributed by atoms with van der Waals surface area (Å²) < 4.78 is 24.7. The van der Waals surface area contributed by atoms with E-state index in [4.69, 9.17) is 9.47 Å². The van der Waals surface area contributed by atoms with Gasteiger partial charge in [-0.15, -0.1) is 0 Å². The van der Waals surface area contributed by atoms with Crippen LogP contribution >= 0.6 is 0 Å². The number of halogens is 1. The molecule has 0 spiro atoms. The summed E-state index contributed by atoms with van der Waals surface area (Å²) in [6.45, 7) is 6.04. The summed E-state index contributed by atoms with van der Waals surface area (Å²) >= 11 is 0. The Morgan fingerprint density at radius 2 is 1.89 bits per heavy atom. The van der Waals surface area contributed by atoms with Crippen LogP contribution < -0.4 is 14.8 Å². The van der Waals surface area contributed by atoms with Crippen LogP contribution in [-0.4, -0.2) is 24.1 Å². The summed E-state index contributed by atoms with van der Waals surface area (Å²) in [5.41, 5.74) is 2.35. The van der Waals surface area contributed by atoms with E-state index in [1.807, 2.05) is 38.1 Å². The number of ether oxygens (including phenoxy) is 2. The largest absolute Gasteiger partial charge is 0.496 e. The van der Waals surface area contributed by atoms with Gasteiger partial charge in [0.1, 0.15) is 23.0 Å². The van der Waals surface area contributed by atoms with Crippen molar-refractivity contribution in [2.45, 2.75) is 33.4 Å². The topological polar surface area (TPSA) is 60.5 Å². The standard InChI is InChI=1S/C22H23FN2O3/c1-13(2)28-17-7-5-15(6-8-17)12-24-22(26)19-11-20(27-4)18-10-16(23)9-14(3)21(18)25-19/h5-11,13H,12H2,1-4H3,(H,24,26). The maximum Gasteiger partial charge on any atom is 0.270 e. The minimum atomic E-state index is -0.368. The van der Waals surface area contributed by atoms with Gasteiger partial charge in [0, 0.05) is 18.0 Å². The lowest BCUT2D eigenvalue weighted by Crippen LogP contribution is -2.24. The van der Waals surface area contributed by atoms with Crippen molar-refractivity contribution < 1.29 is 18.7 Å². The fraction of sp³-hybridized carbons (Fsp3) is 0.273. The number of fused-ring (bicyclic) bond motifs is 1. The van der Waals surface area contributed by atoms with Crippen molar-refractivity contribution in [3.63, 3.8) is 0 Å². The number of carbonyl (C=O) groups is 1. The summed E-state index contributed by atoms with van der Waals surface area (Å²) in [6.07, 6.45) is 0.108.